The van der Waals surface area contributed by atoms with E-state index in [0.717, 1.165) is 31.5 Å². The number of nitrogens with two attached hydrogens (primary N) is 1. The average Bonchev–Trinajstić information content (AvgIpc) is 2.75. The smallest absolute Gasteiger partial charge is 0.331 e. The van der Waals surface area contributed by atoms with Gasteiger partial charge in [-0.3, -0.25) is 0 Å². The maximum Gasteiger partial charge on any atom is 0.331 e. The maximum absolute atomic E-state index is 5.40. The van der Waals surface area contributed by atoms with E-state index in [2.05, 4.69) is 5.32 Å². The summed E-state index contributed by atoms with van der Waals surface area (Å²) in [6, 6.07) is 0. The first kappa shape index (κ1) is 14.7. The van der Waals surface area contributed by atoms with Gasteiger partial charge in [0, 0.05) is 13.1 Å². The molecule has 1 aromatic rings. The first-order valence-corrected chi connectivity index (χ1v) is 5.96. The highest BCUT2D eigenvalue weighted by atomic mass is 16.7. The zero-order chi connectivity index (χ0) is 13.4. The molecule has 0 aliphatic carbocycles. The van der Waals surface area contributed by atoms with Gasteiger partial charge in [0.05, 0.1) is 26.9 Å². The molecular weight excluding hydrogens is 236 g/mol. The largest absolute Gasteiger partial charge is 0.490 e. The second-order valence-corrected chi connectivity index (χ2v) is 3.74. The van der Waals surface area contributed by atoms with E-state index >= 15 is 0 Å². The average molecular weight is 258 g/mol. The van der Waals surface area contributed by atoms with Crippen LogP contribution < -0.4 is 25.3 Å². The van der Waals surface area contributed by atoms with Crippen molar-refractivity contribution in [3.8, 4) is 17.6 Å². The zero-order valence-electron chi connectivity index (χ0n) is 11.2. The van der Waals surface area contributed by atoms with Crippen molar-refractivity contribution in [2.45, 2.75) is 12.8 Å². The van der Waals surface area contributed by atoms with Crippen LogP contribution in [0.25, 0.3) is 0 Å². The summed E-state index contributed by atoms with van der Waals surface area (Å²) in [7, 11) is 4.68. The molecule has 0 aliphatic rings. The Morgan fingerprint density at radius 1 is 1.06 bits per heavy atom. The molecule has 1 heterocycles. The molecule has 1 rings (SSSR count). The highest BCUT2D eigenvalue weighted by molar-refractivity contribution is 5.47. The van der Waals surface area contributed by atoms with E-state index in [0.29, 0.717) is 24.2 Å². The first-order chi connectivity index (χ1) is 8.78. The van der Waals surface area contributed by atoms with Crippen molar-refractivity contribution in [2.75, 3.05) is 41.0 Å². The van der Waals surface area contributed by atoms with Crippen LogP contribution in [0.3, 0.4) is 0 Å². The Labute approximate surface area is 107 Å². The summed E-state index contributed by atoms with van der Waals surface area (Å²) in [4.78, 5) is 0. The Hall–Kier alpha value is -1.40. The Morgan fingerprint density at radius 2 is 1.78 bits per heavy atom. The molecule has 0 spiro atoms. The number of nitrogens with one attached hydrogen (secondary N) is 1. The highest BCUT2D eigenvalue weighted by Crippen LogP contribution is 2.41. The van der Waals surface area contributed by atoms with E-state index in [9.17, 15) is 0 Å². The van der Waals surface area contributed by atoms with E-state index in [1.807, 2.05) is 0 Å². The second kappa shape index (κ2) is 7.84. The number of furan rings is 1. The van der Waals surface area contributed by atoms with Gasteiger partial charge >= 0.3 is 5.95 Å². The molecule has 6 heteroatoms. The molecule has 0 fully saturated rings. The van der Waals surface area contributed by atoms with E-state index in [-0.39, 0.29) is 0 Å². The molecule has 0 amide bonds. The van der Waals surface area contributed by atoms with Gasteiger partial charge in [0.2, 0.25) is 5.75 Å². The monoisotopic (exact) mass is 258 g/mol. The topological polar surface area (TPSA) is 78.9 Å². The molecule has 104 valence electrons. The lowest BCUT2D eigenvalue weighted by molar-refractivity contribution is 0.234. The van der Waals surface area contributed by atoms with Crippen molar-refractivity contribution in [1.29, 1.82) is 0 Å². The van der Waals surface area contributed by atoms with Crippen molar-refractivity contribution >= 4 is 0 Å². The van der Waals surface area contributed by atoms with Crippen LogP contribution in [0.5, 0.6) is 17.6 Å². The van der Waals surface area contributed by atoms with Gasteiger partial charge in [-0.05, 0) is 19.4 Å². The lowest BCUT2D eigenvalue weighted by Crippen LogP contribution is -2.23. The molecule has 0 unspecified atom stereocenters. The third kappa shape index (κ3) is 3.54. The molecule has 18 heavy (non-hydrogen) atoms. The molecule has 6 nitrogen and oxygen atoms in total. The Balaban J connectivity index is 2.64. The van der Waals surface area contributed by atoms with Crippen LogP contribution in [0.15, 0.2) is 4.42 Å². The third-order valence-electron chi connectivity index (χ3n) is 2.57. The minimum Gasteiger partial charge on any atom is -0.490 e. The minimum atomic E-state index is 0.347. The van der Waals surface area contributed by atoms with Crippen molar-refractivity contribution in [3.63, 3.8) is 0 Å². The van der Waals surface area contributed by atoms with E-state index in [1.54, 1.807) is 14.2 Å². The maximum atomic E-state index is 5.40. The SMILES string of the molecule is COc1oc(OC)c(OC)c1CCCNCCN. The van der Waals surface area contributed by atoms with Gasteiger partial charge in [-0.2, -0.15) is 0 Å². The van der Waals surface area contributed by atoms with Gasteiger partial charge in [-0.1, -0.05) is 0 Å². The van der Waals surface area contributed by atoms with Crippen LogP contribution in [0.1, 0.15) is 12.0 Å². The van der Waals surface area contributed by atoms with E-state index < -0.39 is 0 Å². The van der Waals surface area contributed by atoms with E-state index in [4.69, 9.17) is 24.4 Å². The minimum absolute atomic E-state index is 0.347. The predicted molar refractivity (Wildman–Crippen MR) is 68.6 cm³/mol. The number of ether oxygens (including phenoxy) is 3. The lowest BCUT2D eigenvalue weighted by Gasteiger charge is -2.05. The van der Waals surface area contributed by atoms with Crippen LogP contribution in [0.2, 0.25) is 0 Å². The summed E-state index contributed by atoms with van der Waals surface area (Å²) in [5.74, 6) is 1.40. The van der Waals surface area contributed by atoms with Crippen molar-refractivity contribution in [3.05, 3.63) is 5.56 Å². The third-order valence-corrected chi connectivity index (χ3v) is 2.57. The molecule has 1 aromatic heterocycles. The molecular formula is C12H22N2O4. The summed E-state index contributed by atoms with van der Waals surface area (Å²) in [5.41, 5.74) is 6.30. The van der Waals surface area contributed by atoms with Crippen LogP contribution in [0.4, 0.5) is 0 Å². The van der Waals surface area contributed by atoms with Gasteiger partial charge < -0.3 is 29.7 Å². The fourth-order valence-electron chi connectivity index (χ4n) is 1.75. The Bertz CT molecular complexity index is 352. The number of methoxy groups -OCH3 is 3. The predicted octanol–water partition coefficient (Wildman–Crippen LogP) is 0.786. The van der Waals surface area contributed by atoms with Crippen molar-refractivity contribution in [1.82, 2.24) is 5.32 Å². The Morgan fingerprint density at radius 3 is 2.33 bits per heavy atom. The molecule has 0 aromatic carbocycles. The van der Waals surface area contributed by atoms with Crippen LogP contribution in [0, 0.1) is 0 Å². The van der Waals surface area contributed by atoms with Gasteiger partial charge in [0.1, 0.15) is 0 Å². The molecule has 0 saturated carbocycles. The molecule has 0 bridgehead atoms. The highest BCUT2D eigenvalue weighted by Gasteiger charge is 2.22. The van der Waals surface area contributed by atoms with E-state index in [1.165, 1.54) is 7.11 Å². The fraction of sp³-hybridized carbons (Fsp3) is 0.667. The molecule has 0 atom stereocenters. The molecule has 0 saturated heterocycles. The summed E-state index contributed by atoms with van der Waals surface area (Å²) in [5, 5.41) is 3.23. The first-order valence-electron chi connectivity index (χ1n) is 5.96. The van der Waals surface area contributed by atoms with Gasteiger partial charge in [-0.25, -0.2) is 0 Å². The number of hydrogen-bond acceptors (Lipinski definition) is 6. The second-order valence-electron chi connectivity index (χ2n) is 3.74. The van der Waals surface area contributed by atoms with Crippen LogP contribution in [-0.2, 0) is 6.42 Å². The fourth-order valence-corrected chi connectivity index (χ4v) is 1.75. The Kier molecular flexibility index (Phi) is 6.38. The molecule has 0 aliphatic heterocycles. The quantitative estimate of drug-likeness (QED) is 0.637. The number of hydrogen-bond donors (Lipinski definition) is 2. The summed E-state index contributed by atoms with van der Waals surface area (Å²) < 4.78 is 21.0. The summed E-state index contributed by atoms with van der Waals surface area (Å²) in [6.07, 6.45) is 1.73. The van der Waals surface area contributed by atoms with Gasteiger partial charge in [-0.15, -0.1) is 0 Å². The standard InChI is InChI=1S/C12H22N2O4/c1-15-10-9(5-4-7-14-8-6-13)11(16-2)18-12(10)17-3/h14H,4-8,13H2,1-3H3. The number of rotatable bonds is 9. The van der Waals surface area contributed by atoms with Crippen LogP contribution in [-0.4, -0.2) is 41.0 Å². The zero-order valence-corrected chi connectivity index (χ0v) is 11.2. The lowest BCUT2D eigenvalue weighted by atomic mass is 10.1. The van der Waals surface area contributed by atoms with Gasteiger partial charge in [0.25, 0.3) is 5.95 Å². The summed E-state index contributed by atoms with van der Waals surface area (Å²) >= 11 is 0. The van der Waals surface area contributed by atoms with Crippen molar-refractivity contribution in [2.24, 2.45) is 5.73 Å². The van der Waals surface area contributed by atoms with Crippen LogP contribution >= 0.6 is 0 Å². The molecule has 3 N–H and O–H groups in total. The normalized spacial score (nSPS) is 10.4. The van der Waals surface area contributed by atoms with Crippen molar-refractivity contribution < 1.29 is 18.6 Å². The summed E-state index contributed by atoms with van der Waals surface area (Å²) in [6.45, 7) is 2.35. The molecule has 0 radical (unpaired) electrons. The van der Waals surface area contributed by atoms with Gasteiger partial charge in [0.15, 0.2) is 0 Å².